The molecule has 128 valence electrons. The standard InChI is InChI=1S/C15H17IN4O2S2/c16-10-3-1-4-11(7-10)18-13(21)9-23-15-20-19-14(24-15)17-8-12-5-2-6-22-12/h1,3-4,7,12H,2,5-6,8-9H2,(H,17,19)(H,18,21). The van der Waals surface area contributed by atoms with E-state index >= 15 is 0 Å². The fourth-order valence-electron chi connectivity index (χ4n) is 2.24. The Kier molecular flexibility index (Phi) is 6.69. The number of anilines is 2. The maximum Gasteiger partial charge on any atom is 0.234 e. The minimum Gasteiger partial charge on any atom is -0.376 e. The van der Waals surface area contributed by atoms with Gasteiger partial charge in [0, 0.05) is 22.4 Å². The molecule has 2 aromatic rings. The summed E-state index contributed by atoms with van der Waals surface area (Å²) in [6.45, 7) is 1.60. The molecule has 1 amide bonds. The molecule has 2 heterocycles. The van der Waals surface area contributed by atoms with E-state index in [4.69, 9.17) is 4.74 Å². The molecule has 0 radical (unpaired) electrons. The molecule has 1 aromatic carbocycles. The smallest absolute Gasteiger partial charge is 0.234 e. The molecule has 1 unspecified atom stereocenters. The number of halogens is 1. The Hall–Kier alpha value is -0.910. The van der Waals surface area contributed by atoms with Crippen LogP contribution in [0.1, 0.15) is 12.8 Å². The van der Waals surface area contributed by atoms with Crippen molar-refractivity contribution in [2.75, 3.05) is 29.5 Å². The second-order valence-electron chi connectivity index (χ2n) is 5.24. The van der Waals surface area contributed by atoms with Gasteiger partial charge in [0.15, 0.2) is 4.34 Å². The number of aromatic nitrogens is 2. The predicted molar refractivity (Wildman–Crippen MR) is 106 cm³/mol. The number of ether oxygens (including phenoxy) is 1. The maximum atomic E-state index is 12.0. The molecule has 3 rings (SSSR count). The quantitative estimate of drug-likeness (QED) is 0.471. The second-order valence-corrected chi connectivity index (χ2v) is 8.68. The molecule has 9 heteroatoms. The van der Waals surface area contributed by atoms with Crippen molar-refractivity contribution in [3.63, 3.8) is 0 Å². The minimum atomic E-state index is -0.0499. The van der Waals surface area contributed by atoms with Crippen LogP contribution < -0.4 is 10.6 Å². The Morgan fingerprint density at radius 3 is 3.17 bits per heavy atom. The van der Waals surface area contributed by atoms with Gasteiger partial charge in [-0.2, -0.15) is 0 Å². The van der Waals surface area contributed by atoms with E-state index in [0.29, 0.717) is 5.75 Å². The first-order chi connectivity index (χ1) is 11.7. The highest BCUT2D eigenvalue weighted by molar-refractivity contribution is 14.1. The van der Waals surface area contributed by atoms with E-state index in [1.165, 1.54) is 23.1 Å². The second kappa shape index (κ2) is 8.97. The van der Waals surface area contributed by atoms with E-state index in [0.717, 1.165) is 44.7 Å². The van der Waals surface area contributed by atoms with E-state index in [9.17, 15) is 4.79 Å². The Labute approximate surface area is 162 Å². The van der Waals surface area contributed by atoms with Gasteiger partial charge < -0.3 is 15.4 Å². The van der Waals surface area contributed by atoms with E-state index in [1.54, 1.807) is 0 Å². The highest BCUT2D eigenvalue weighted by Crippen LogP contribution is 2.26. The summed E-state index contributed by atoms with van der Waals surface area (Å²) in [5.41, 5.74) is 0.809. The monoisotopic (exact) mass is 476 g/mol. The summed E-state index contributed by atoms with van der Waals surface area (Å²) in [6.07, 6.45) is 2.48. The van der Waals surface area contributed by atoms with Crippen molar-refractivity contribution < 1.29 is 9.53 Å². The highest BCUT2D eigenvalue weighted by atomic mass is 127. The first kappa shape index (κ1) is 17.9. The molecule has 0 saturated carbocycles. The zero-order chi connectivity index (χ0) is 16.8. The predicted octanol–water partition coefficient (Wildman–Crippen LogP) is 3.46. The zero-order valence-electron chi connectivity index (χ0n) is 12.8. The lowest BCUT2D eigenvalue weighted by Crippen LogP contribution is -2.18. The Bertz CT molecular complexity index is 692. The van der Waals surface area contributed by atoms with Crippen LogP contribution in [0.3, 0.4) is 0 Å². The SMILES string of the molecule is O=C(CSc1nnc(NCC2CCCO2)s1)Nc1cccc(I)c1. The summed E-state index contributed by atoms with van der Waals surface area (Å²) >= 11 is 5.07. The van der Waals surface area contributed by atoms with Crippen molar-refractivity contribution in [3.05, 3.63) is 27.8 Å². The van der Waals surface area contributed by atoms with Gasteiger partial charge in [0.25, 0.3) is 0 Å². The van der Waals surface area contributed by atoms with Gasteiger partial charge in [-0.05, 0) is 53.6 Å². The van der Waals surface area contributed by atoms with Crippen molar-refractivity contribution in [2.24, 2.45) is 0 Å². The first-order valence-electron chi connectivity index (χ1n) is 7.56. The average Bonchev–Trinajstić information content (AvgIpc) is 3.23. The third-order valence-electron chi connectivity index (χ3n) is 3.35. The molecule has 1 atom stereocenters. The van der Waals surface area contributed by atoms with E-state index in [-0.39, 0.29) is 12.0 Å². The minimum absolute atomic E-state index is 0.0499. The molecule has 24 heavy (non-hydrogen) atoms. The topological polar surface area (TPSA) is 76.1 Å². The van der Waals surface area contributed by atoms with Gasteiger partial charge in [-0.25, -0.2) is 0 Å². The highest BCUT2D eigenvalue weighted by Gasteiger charge is 2.16. The Morgan fingerprint density at radius 1 is 1.46 bits per heavy atom. The summed E-state index contributed by atoms with van der Waals surface area (Å²) in [6, 6.07) is 7.71. The van der Waals surface area contributed by atoms with Crippen LogP contribution in [0.2, 0.25) is 0 Å². The zero-order valence-corrected chi connectivity index (χ0v) is 16.6. The first-order valence-corrected chi connectivity index (χ1v) is 10.4. The van der Waals surface area contributed by atoms with Crippen LogP contribution in [0.4, 0.5) is 10.8 Å². The number of amides is 1. The number of thioether (sulfide) groups is 1. The van der Waals surface area contributed by atoms with Crippen LogP contribution in [0.5, 0.6) is 0 Å². The van der Waals surface area contributed by atoms with Gasteiger partial charge in [0.2, 0.25) is 11.0 Å². The molecule has 1 aliphatic heterocycles. The van der Waals surface area contributed by atoms with E-state index in [2.05, 4.69) is 43.4 Å². The van der Waals surface area contributed by atoms with Gasteiger partial charge in [-0.15, -0.1) is 10.2 Å². The number of carbonyl (C=O) groups is 1. The van der Waals surface area contributed by atoms with Gasteiger partial charge in [0.1, 0.15) is 0 Å². The van der Waals surface area contributed by atoms with Crippen molar-refractivity contribution >= 4 is 62.4 Å². The largest absolute Gasteiger partial charge is 0.376 e. The van der Waals surface area contributed by atoms with Gasteiger partial charge in [-0.1, -0.05) is 29.2 Å². The van der Waals surface area contributed by atoms with Crippen LogP contribution in [-0.2, 0) is 9.53 Å². The summed E-state index contributed by atoms with van der Waals surface area (Å²) in [4.78, 5) is 12.0. The molecule has 1 aliphatic rings. The van der Waals surface area contributed by atoms with Crippen LogP contribution >= 0.6 is 45.7 Å². The third kappa shape index (κ3) is 5.57. The van der Waals surface area contributed by atoms with Crippen LogP contribution in [0.25, 0.3) is 0 Å². The third-order valence-corrected chi connectivity index (χ3v) is 6.03. The van der Waals surface area contributed by atoms with Crippen LogP contribution in [0, 0.1) is 3.57 Å². The molecular formula is C15H17IN4O2S2. The number of benzene rings is 1. The van der Waals surface area contributed by atoms with Gasteiger partial charge in [0.05, 0.1) is 11.9 Å². The summed E-state index contributed by atoms with van der Waals surface area (Å²) < 4.78 is 7.43. The molecule has 1 saturated heterocycles. The molecule has 6 nitrogen and oxygen atoms in total. The van der Waals surface area contributed by atoms with Gasteiger partial charge in [-0.3, -0.25) is 4.79 Å². The number of nitrogens with zero attached hydrogens (tertiary/aromatic N) is 2. The van der Waals surface area contributed by atoms with E-state index < -0.39 is 0 Å². The van der Waals surface area contributed by atoms with Crippen molar-refractivity contribution in [3.8, 4) is 0 Å². The molecule has 0 aliphatic carbocycles. The molecule has 0 bridgehead atoms. The normalized spacial score (nSPS) is 17.0. The van der Waals surface area contributed by atoms with E-state index in [1.807, 2.05) is 24.3 Å². The molecule has 1 aromatic heterocycles. The van der Waals surface area contributed by atoms with Crippen LogP contribution in [0.15, 0.2) is 28.6 Å². The maximum absolute atomic E-state index is 12.0. The number of rotatable bonds is 7. The molecule has 1 fully saturated rings. The number of nitrogens with one attached hydrogen (secondary N) is 2. The number of hydrogen-bond donors (Lipinski definition) is 2. The Balaban J connectivity index is 1.42. The fraction of sp³-hybridized carbons (Fsp3) is 0.400. The van der Waals surface area contributed by atoms with Crippen LogP contribution in [-0.4, -0.2) is 41.1 Å². The van der Waals surface area contributed by atoms with Crippen molar-refractivity contribution in [1.82, 2.24) is 10.2 Å². The molecular weight excluding hydrogens is 459 g/mol. The molecule has 0 spiro atoms. The average molecular weight is 476 g/mol. The number of hydrogen-bond acceptors (Lipinski definition) is 7. The fourth-order valence-corrected chi connectivity index (χ4v) is 4.34. The van der Waals surface area contributed by atoms with Crippen molar-refractivity contribution in [1.29, 1.82) is 0 Å². The summed E-state index contributed by atoms with van der Waals surface area (Å²) in [7, 11) is 0. The molecule has 2 N–H and O–H groups in total. The summed E-state index contributed by atoms with van der Waals surface area (Å²) in [5.74, 6) is 0.261. The summed E-state index contributed by atoms with van der Waals surface area (Å²) in [5, 5.41) is 15.1. The lowest BCUT2D eigenvalue weighted by Gasteiger charge is -2.08. The lowest BCUT2D eigenvalue weighted by atomic mass is 10.2. The van der Waals surface area contributed by atoms with Crippen molar-refractivity contribution in [2.45, 2.75) is 23.3 Å². The lowest BCUT2D eigenvalue weighted by molar-refractivity contribution is -0.113. The number of carbonyl (C=O) groups excluding carboxylic acids is 1. The van der Waals surface area contributed by atoms with Gasteiger partial charge >= 0.3 is 0 Å². The Morgan fingerprint density at radius 2 is 2.38 bits per heavy atom.